The molecule has 0 atom stereocenters. The summed E-state index contributed by atoms with van der Waals surface area (Å²) < 4.78 is 0. The normalized spacial score (nSPS) is 12.5. The summed E-state index contributed by atoms with van der Waals surface area (Å²) >= 11 is 0. The van der Waals surface area contributed by atoms with E-state index in [1.807, 2.05) is 66.7 Å². The van der Waals surface area contributed by atoms with Crippen LogP contribution in [0.4, 0.5) is 5.69 Å². The third-order valence-corrected chi connectivity index (χ3v) is 9.81. The van der Waals surface area contributed by atoms with Crippen LogP contribution < -0.4 is 0 Å². The molecule has 7 aromatic carbocycles. The van der Waals surface area contributed by atoms with Gasteiger partial charge in [0.25, 0.3) is 0 Å². The summed E-state index contributed by atoms with van der Waals surface area (Å²) in [6, 6.07) is 63.0. The zero-order chi connectivity index (χ0) is 34.2. The van der Waals surface area contributed by atoms with Gasteiger partial charge in [-0.1, -0.05) is 164 Å². The standard InChI is InChI=1S/C47H30N4/c1-48-39-24-14-18-34(30-39)33-17-13-19-35(29-33)45-49-44(32-15-5-2-6-16-32)50-46(51-45)36-27-28-41-40-25-11-12-26-42(40)47(43(41)31-36,37-20-7-3-8-21-37)38-22-9-4-10-23-38/h2-31H. The van der Waals surface area contributed by atoms with Crippen molar-refractivity contribution in [3.8, 4) is 56.4 Å². The highest BCUT2D eigenvalue weighted by Gasteiger charge is 2.46. The van der Waals surface area contributed by atoms with Crippen LogP contribution in [-0.2, 0) is 5.41 Å². The van der Waals surface area contributed by atoms with Crippen molar-refractivity contribution >= 4 is 5.69 Å². The molecule has 1 aromatic heterocycles. The molecule has 9 rings (SSSR count). The second-order valence-corrected chi connectivity index (χ2v) is 12.7. The van der Waals surface area contributed by atoms with Crippen LogP contribution in [0.25, 0.3) is 61.3 Å². The van der Waals surface area contributed by atoms with E-state index in [1.54, 1.807) is 0 Å². The van der Waals surface area contributed by atoms with Gasteiger partial charge in [-0.25, -0.2) is 19.8 Å². The van der Waals surface area contributed by atoms with Crippen molar-refractivity contribution in [2.24, 2.45) is 0 Å². The van der Waals surface area contributed by atoms with Crippen LogP contribution in [-0.4, -0.2) is 15.0 Å². The molecule has 4 heteroatoms. The van der Waals surface area contributed by atoms with Crippen LogP contribution in [0.1, 0.15) is 22.3 Å². The van der Waals surface area contributed by atoms with Crippen LogP contribution in [0.2, 0.25) is 0 Å². The monoisotopic (exact) mass is 650 g/mol. The van der Waals surface area contributed by atoms with Crippen LogP contribution in [0, 0.1) is 6.57 Å². The van der Waals surface area contributed by atoms with Gasteiger partial charge in [-0.15, -0.1) is 0 Å². The first-order valence-corrected chi connectivity index (χ1v) is 17.0. The molecule has 8 aromatic rings. The van der Waals surface area contributed by atoms with Crippen LogP contribution in [0.3, 0.4) is 0 Å². The fourth-order valence-corrected chi connectivity index (χ4v) is 7.53. The maximum Gasteiger partial charge on any atom is 0.187 e. The van der Waals surface area contributed by atoms with Crippen molar-refractivity contribution < 1.29 is 0 Å². The largest absolute Gasteiger partial charge is 0.238 e. The summed E-state index contributed by atoms with van der Waals surface area (Å²) in [5.41, 5.74) is 12.0. The average Bonchev–Trinajstić information content (AvgIpc) is 3.52. The average molecular weight is 651 g/mol. The Hall–Kier alpha value is -6.96. The molecular weight excluding hydrogens is 621 g/mol. The lowest BCUT2D eigenvalue weighted by molar-refractivity contribution is 0.768. The number of rotatable bonds is 6. The highest BCUT2D eigenvalue weighted by atomic mass is 15.0. The fraction of sp³-hybridized carbons (Fsp3) is 0.0213. The van der Waals surface area contributed by atoms with Gasteiger partial charge in [0.05, 0.1) is 12.0 Å². The third-order valence-electron chi connectivity index (χ3n) is 9.81. The minimum absolute atomic E-state index is 0.531. The number of nitrogens with zero attached hydrogens (tertiary/aromatic N) is 4. The molecule has 0 saturated heterocycles. The molecule has 0 unspecified atom stereocenters. The molecule has 0 amide bonds. The highest BCUT2D eigenvalue weighted by Crippen LogP contribution is 2.56. The molecular formula is C47H30N4. The molecule has 4 nitrogen and oxygen atoms in total. The molecule has 1 aliphatic carbocycles. The molecule has 0 bridgehead atoms. The minimum Gasteiger partial charge on any atom is -0.238 e. The summed E-state index contributed by atoms with van der Waals surface area (Å²) in [5, 5.41) is 0. The zero-order valence-corrected chi connectivity index (χ0v) is 27.6. The lowest BCUT2D eigenvalue weighted by atomic mass is 9.67. The Morgan fingerprint density at radius 1 is 0.373 bits per heavy atom. The van der Waals surface area contributed by atoms with E-state index in [0.29, 0.717) is 23.2 Å². The van der Waals surface area contributed by atoms with Crippen molar-refractivity contribution in [1.82, 2.24) is 15.0 Å². The van der Waals surface area contributed by atoms with Crippen molar-refractivity contribution in [1.29, 1.82) is 0 Å². The summed E-state index contributed by atoms with van der Waals surface area (Å²) in [6.45, 7) is 7.49. The fourth-order valence-electron chi connectivity index (χ4n) is 7.53. The van der Waals surface area contributed by atoms with Gasteiger partial charge in [0, 0.05) is 16.7 Å². The van der Waals surface area contributed by atoms with Gasteiger partial charge in [-0.3, -0.25) is 0 Å². The topological polar surface area (TPSA) is 43.0 Å². The highest BCUT2D eigenvalue weighted by molar-refractivity contribution is 5.88. The number of hydrogen-bond acceptors (Lipinski definition) is 3. The Morgan fingerprint density at radius 3 is 1.53 bits per heavy atom. The molecule has 1 heterocycles. The number of hydrogen-bond donors (Lipinski definition) is 0. The summed E-state index contributed by atoms with van der Waals surface area (Å²) in [4.78, 5) is 18.9. The van der Waals surface area contributed by atoms with E-state index < -0.39 is 5.41 Å². The zero-order valence-electron chi connectivity index (χ0n) is 27.6. The van der Waals surface area contributed by atoms with E-state index in [1.165, 1.54) is 33.4 Å². The lowest BCUT2D eigenvalue weighted by Crippen LogP contribution is -2.28. The van der Waals surface area contributed by atoms with E-state index in [4.69, 9.17) is 21.5 Å². The van der Waals surface area contributed by atoms with Gasteiger partial charge in [0.2, 0.25) is 0 Å². The van der Waals surface area contributed by atoms with E-state index in [-0.39, 0.29) is 0 Å². The van der Waals surface area contributed by atoms with E-state index in [0.717, 1.165) is 27.8 Å². The molecule has 1 aliphatic rings. The molecule has 0 spiro atoms. The maximum absolute atomic E-state index is 7.49. The van der Waals surface area contributed by atoms with Crippen LogP contribution in [0.15, 0.2) is 182 Å². The van der Waals surface area contributed by atoms with Crippen LogP contribution in [0.5, 0.6) is 0 Å². The Bertz CT molecular complexity index is 2550. The molecule has 0 saturated carbocycles. The second kappa shape index (κ2) is 12.5. The number of aromatic nitrogens is 3. The van der Waals surface area contributed by atoms with Crippen molar-refractivity contribution in [2.45, 2.75) is 5.41 Å². The Kier molecular flexibility index (Phi) is 7.38. The Labute approximate surface area is 297 Å². The predicted octanol–water partition coefficient (Wildman–Crippen LogP) is 11.5. The van der Waals surface area contributed by atoms with E-state index in [9.17, 15) is 0 Å². The quantitative estimate of drug-likeness (QED) is 0.168. The Balaban J connectivity index is 1.26. The number of fused-ring (bicyclic) bond motifs is 3. The van der Waals surface area contributed by atoms with Crippen molar-refractivity contribution in [3.05, 3.63) is 216 Å². The molecule has 51 heavy (non-hydrogen) atoms. The van der Waals surface area contributed by atoms with E-state index in [2.05, 4.69) is 120 Å². The molecule has 0 N–H and O–H groups in total. The maximum atomic E-state index is 7.49. The summed E-state index contributed by atoms with van der Waals surface area (Å²) in [6.07, 6.45) is 0. The Morgan fingerprint density at radius 2 is 0.863 bits per heavy atom. The first-order valence-electron chi connectivity index (χ1n) is 17.0. The smallest absolute Gasteiger partial charge is 0.187 e. The molecule has 0 radical (unpaired) electrons. The van der Waals surface area contributed by atoms with Gasteiger partial charge in [-0.05, 0) is 62.7 Å². The second-order valence-electron chi connectivity index (χ2n) is 12.7. The minimum atomic E-state index is -0.531. The van der Waals surface area contributed by atoms with Gasteiger partial charge in [0.15, 0.2) is 23.2 Å². The van der Waals surface area contributed by atoms with Gasteiger partial charge in [0.1, 0.15) is 0 Å². The SMILES string of the molecule is [C-]#[N+]c1cccc(-c2cccc(-c3nc(-c4ccccc4)nc(-c4ccc5c(c4)C(c4ccccc4)(c4ccccc4)c4ccccc4-5)n3)c2)c1. The van der Waals surface area contributed by atoms with Gasteiger partial charge >= 0.3 is 0 Å². The molecule has 238 valence electrons. The number of benzene rings is 7. The van der Waals surface area contributed by atoms with Gasteiger partial charge in [-0.2, -0.15) is 0 Å². The summed E-state index contributed by atoms with van der Waals surface area (Å²) in [7, 11) is 0. The van der Waals surface area contributed by atoms with E-state index >= 15 is 0 Å². The van der Waals surface area contributed by atoms with Crippen molar-refractivity contribution in [3.63, 3.8) is 0 Å². The first kappa shape index (κ1) is 30.1. The third kappa shape index (κ3) is 5.12. The molecule has 0 aliphatic heterocycles. The van der Waals surface area contributed by atoms with Gasteiger partial charge < -0.3 is 0 Å². The van der Waals surface area contributed by atoms with Crippen molar-refractivity contribution in [2.75, 3.05) is 0 Å². The van der Waals surface area contributed by atoms with Crippen LogP contribution >= 0.6 is 0 Å². The molecule has 0 fully saturated rings. The predicted molar refractivity (Wildman–Crippen MR) is 205 cm³/mol. The lowest BCUT2D eigenvalue weighted by Gasteiger charge is -2.34. The first-order chi connectivity index (χ1) is 25.2. The summed E-state index contributed by atoms with van der Waals surface area (Å²) in [5.74, 6) is 1.80.